The van der Waals surface area contributed by atoms with Gasteiger partial charge in [0.15, 0.2) is 5.78 Å². The highest BCUT2D eigenvalue weighted by molar-refractivity contribution is 5.97. The van der Waals surface area contributed by atoms with E-state index in [9.17, 15) is 4.79 Å². The number of hydrogen-bond donors (Lipinski definition) is 0. The molecule has 19 heavy (non-hydrogen) atoms. The maximum Gasteiger partial charge on any atom is 0.187 e. The Balaban J connectivity index is 1.96. The van der Waals surface area contributed by atoms with E-state index < -0.39 is 0 Å². The summed E-state index contributed by atoms with van der Waals surface area (Å²) in [7, 11) is 1.88. The SMILES string of the molecule is Cn1nc(CC(=O)c2ccncn2)c2ccccc21. The van der Waals surface area contributed by atoms with Crippen LogP contribution >= 0.6 is 0 Å². The quantitative estimate of drug-likeness (QED) is 0.667. The van der Waals surface area contributed by atoms with Crippen LogP contribution in [0.25, 0.3) is 10.9 Å². The molecule has 0 aliphatic carbocycles. The number of Topliss-reactive ketones (excluding diaryl/α,β-unsaturated/α-hetero) is 1. The zero-order chi connectivity index (χ0) is 13.2. The Morgan fingerprint density at radius 2 is 2.11 bits per heavy atom. The van der Waals surface area contributed by atoms with Crippen molar-refractivity contribution in [2.24, 2.45) is 7.05 Å². The average Bonchev–Trinajstić information content (AvgIpc) is 2.77. The maximum atomic E-state index is 12.1. The van der Waals surface area contributed by atoms with E-state index in [0.29, 0.717) is 5.69 Å². The Morgan fingerprint density at radius 3 is 2.89 bits per heavy atom. The zero-order valence-electron chi connectivity index (χ0n) is 10.4. The number of carbonyl (C=O) groups excluding carboxylic acids is 1. The topological polar surface area (TPSA) is 60.7 Å². The molecule has 0 amide bonds. The molecule has 0 fully saturated rings. The summed E-state index contributed by atoms with van der Waals surface area (Å²) in [5.41, 5.74) is 2.22. The van der Waals surface area contributed by atoms with Crippen LogP contribution in [0.3, 0.4) is 0 Å². The molecule has 5 heteroatoms. The van der Waals surface area contributed by atoms with E-state index in [-0.39, 0.29) is 12.2 Å². The molecular formula is C14H12N4O. The Kier molecular flexibility index (Phi) is 2.79. The van der Waals surface area contributed by atoms with Crippen LogP contribution in [0, 0.1) is 0 Å². The Hall–Kier alpha value is -2.56. The number of nitrogens with zero attached hydrogens (tertiary/aromatic N) is 4. The number of hydrogen-bond acceptors (Lipinski definition) is 4. The van der Waals surface area contributed by atoms with Crippen LogP contribution in [-0.4, -0.2) is 25.5 Å². The molecule has 0 aliphatic rings. The van der Waals surface area contributed by atoms with Gasteiger partial charge in [0.05, 0.1) is 17.6 Å². The van der Waals surface area contributed by atoms with Crippen molar-refractivity contribution in [1.82, 2.24) is 19.7 Å². The third kappa shape index (κ3) is 2.10. The van der Waals surface area contributed by atoms with Crippen molar-refractivity contribution in [2.45, 2.75) is 6.42 Å². The second-order valence-electron chi connectivity index (χ2n) is 4.28. The molecule has 0 spiro atoms. The van der Waals surface area contributed by atoms with Crippen LogP contribution in [0.2, 0.25) is 0 Å². The van der Waals surface area contributed by atoms with Gasteiger partial charge in [0.25, 0.3) is 0 Å². The summed E-state index contributed by atoms with van der Waals surface area (Å²) in [4.78, 5) is 19.9. The summed E-state index contributed by atoms with van der Waals surface area (Å²) in [5.74, 6) is -0.0498. The van der Waals surface area contributed by atoms with E-state index >= 15 is 0 Å². The molecule has 0 radical (unpaired) electrons. The highest BCUT2D eigenvalue weighted by Crippen LogP contribution is 2.18. The van der Waals surface area contributed by atoms with Crippen molar-refractivity contribution in [1.29, 1.82) is 0 Å². The highest BCUT2D eigenvalue weighted by atomic mass is 16.1. The minimum Gasteiger partial charge on any atom is -0.292 e. The van der Waals surface area contributed by atoms with Gasteiger partial charge in [-0.05, 0) is 12.1 Å². The minimum atomic E-state index is -0.0498. The lowest BCUT2D eigenvalue weighted by atomic mass is 10.1. The molecule has 1 aromatic carbocycles. The highest BCUT2D eigenvalue weighted by Gasteiger charge is 2.14. The van der Waals surface area contributed by atoms with Crippen molar-refractivity contribution in [3.05, 3.63) is 54.2 Å². The molecular weight excluding hydrogens is 240 g/mol. The van der Waals surface area contributed by atoms with E-state index in [1.807, 2.05) is 31.3 Å². The van der Waals surface area contributed by atoms with Crippen molar-refractivity contribution < 1.29 is 4.79 Å². The number of carbonyl (C=O) groups is 1. The smallest absolute Gasteiger partial charge is 0.187 e. The van der Waals surface area contributed by atoms with Gasteiger partial charge in [0.1, 0.15) is 12.0 Å². The summed E-state index contributed by atoms with van der Waals surface area (Å²) in [6.45, 7) is 0. The summed E-state index contributed by atoms with van der Waals surface area (Å²) >= 11 is 0. The largest absolute Gasteiger partial charge is 0.292 e. The molecule has 0 unspecified atom stereocenters. The normalized spacial score (nSPS) is 10.8. The zero-order valence-corrected chi connectivity index (χ0v) is 10.4. The van der Waals surface area contributed by atoms with Crippen LogP contribution < -0.4 is 0 Å². The summed E-state index contributed by atoms with van der Waals surface area (Å²) < 4.78 is 1.79. The number of aromatic nitrogens is 4. The molecule has 0 bridgehead atoms. The van der Waals surface area contributed by atoms with Crippen LogP contribution in [0.15, 0.2) is 42.9 Å². The lowest BCUT2D eigenvalue weighted by Crippen LogP contribution is -2.07. The van der Waals surface area contributed by atoms with E-state index in [1.54, 1.807) is 16.9 Å². The molecule has 2 heterocycles. The lowest BCUT2D eigenvalue weighted by molar-refractivity contribution is 0.0987. The first kappa shape index (κ1) is 11.5. The second kappa shape index (κ2) is 4.61. The first-order valence-corrected chi connectivity index (χ1v) is 5.95. The van der Waals surface area contributed by atoms with Crippen LogP contribution in [0.4, 0.5) is 0 Å². The van der Waals surface area contributed by atoms with Gasteiger partial charge in [0, 0.05) is 18.6 Å². The standard InChI is InChI=1S/C14H12N4O/c1-18-13-5-3-2-4-10(13)12(17-18)8-14(19)11-6-7-15-9-16-11/h2-7,9H,8H2,1H3. The third-order valence-corrected chi connectivity index (χ3v) is 3.03. The third-order valence-electron chi connectivity index (χ3n) is 3.03. The van der Waals surface area contributed by atoms with Crippen molar-refractivity contribution in [3.63, 3.8) is 0 Å². The van der Waals surface area contributed by atoms with Gasteiger partial charge in [0.2, 0.25) is 0 Å². The molecule has 3 rings (SSSR count). The summed E-state index contributed by atoms with van der Waals surface area (Å²) in [6.07, 6.45) is 3.19. The van der Waals surface area contributed by atoms with Gasteiger partial charge in [-0.2, -0.15) is 5.10 Å². The fraction of sp³-hybridized carbons (Fsp3) is 0.143. The molecule has 94 valence electrons. The van der Waals surface area contributed by atoms with Crippen LogP contribution in [0.5, 0.6) is 0 Å². The van der Waals surface area contributed by atoms with Gasteiger partial charge in [-0.15, -0.1) is 0 Å². The molecule has 0 saturated carbocycles. The van der Waals surface area contributed by atoms with E-state index in [4.69, 9.17) is 0 Å². The van der Waals surface area contributed by atoms with Gasteiger partial charge >= 0.3 is 0 Å². The van der Waals surface area contributed by atoms with Gasteiger partial charge in [-0.1, -0.05) is 18.2 Å². The Morgan fingerprint density at radius 1 is 1.26 bits per heavy atom. The molecule has 0 N–H and O–H groups in total. The number of aryl methyl sites for hydroxylation is 1. The van der Waals surface area contributed by atoms with Crippen LogP contribution in [0.1, 0.15) is 16.2 Å². The maximum absolute atomic E-state index is 12.1. The van der Waals surface area contributed by atoms with Crippen molar-refractivity contribution in [3.8, 4) is 0 Å². The number of benzene rings is 1. The molecule has 5 nitrogen and oxygen atoms in total. The lowest BCUT2D eigenvalue weighted by Gasteiger charge is -1.97. The minimum absolute atomic E-state index is 0.0498. The first-order chi connectivity index (χ1) is 9.25. The van der Waals surface area contributed by atoms with E-state index in [0.717, 1.165) is 16.6 Å². The summed E-state index contributed by atoms with van der Waals surface area (Å²) in [5, 5.41) is 5.41. The monoisotopic (exact) mass is 252 g/mol. The molecule has 0 aliphatic heterocycles. The predicted molar refractivity (Wildman–Crippen MR) is 70.8 cm³/mol. The fourth-order valence-corrected chi connectivity index (χ4v) is 2.12. The second-order valence-corrected chi connectivity index (χ2v) is 4.28. The van der Waals surface area contributed by atoms with Gasteiger partial charge < -0.3 is 0 Å². The Bertz CT molecular complexity index is 734. The predicted octanol–water partition coefficient (Wildman–Crippen LogP) is 1.79. The van der Waals surface area contributed by atoms with E-state index in [2.05, 4.69) is 15.1 Å². The van der Waals surface area contributed by atoms with Crippen molar-refractivity contribution in [2.75, 3.05) is 0 Å². The molecule has 3 aromatic rings. The number of rotatable bonds is 3. The molecule has 0 atom stereocenters. The van der Waals surface area contributed by atoms with Gasteiger partial charge in [-0.3, -0.25) is 9.48 Å². The molecule has 0 saturated heterocycles. The summed E-state index contributed by atoms with van der Waals surface area (Å²) in [6, 6.07) is 9.49. The molecule has 2 aromatic heterocycles. The number of fused-ring (bicyclic) bond motifs is 1. The number of ketones is 1. The number of para-hydroxylation sites is 1. The van der Waals surface area contributed by atoms with Gasteiger partial charge in [-0.25, -0.2) is 9.97 Å². The average molecular weight is 252 g/mol. The Labute approximate surface area is 109 Å². The van der Waals surface area contributed by atoms with Crippen molar-refractivity contribution >= 4 is 16.7 Å². The van der Waals surface area contributed by atoms with Crippen LogP contribution in [-0.2, 0) is 13.5 Å². The fourth-order valence-electron chi connectivity index (χ4n) is 2.12. The van der Waals surface area contributed by atoms with E-state index in [1.165, 1.54) is 6.33 Å². The first-order valence-electron chi connectivity index (χ1n) is 5.95.